The zero-order valence-corrected chi connectivity index (χ0v) is 15.7. The van der Waals surface area contributed by atoms with Crippen molar-refractivity contribution in [2.24, 2.45) is 0 Å². The van der Waals surface area contributed by atoms with Crippen molar-refractivity contribution in [2.45, 2.75) is 26.3 Å². The highest BCUT2D eigenvalue weighted by atomic mass is 16.5. The van der Waals surface area contributed by atoms with Crippen molar-refractivity contribution in [3.8, 4) is 11.5 Å². The number of aromatic nitrogens is 4. The van der Waals surface area contributed by atoms with Gasteiger partial charge in [0.05, 0.1) is 5.69 Å². The molecule has 1 saturated heterocycles. The van der Waals surface area contributed by atoms with Crippen LogP contribution in [0.3, 0.4) is 0 Å². The maximum Gasteiger partial charge on any atom is 0.258 e. The van der Waals surface area contributed by atoms with E-state index in [0.717, 1.165) is 55.6 Å². The Balaban J connectivity index is 1.41. The topological polar surface area (TPSA) is 71.2 Å². The van der Waals surface area contributed by atoms with Gasteiger partial charge in [-0.05, 0) is 24.3 Å². The fraction of sp³-hybridized carbons (Fsp3) is 0.400. The number of hydrogen-bond donors (Lipinski definition) is 0. The van der Waals surface area contributed by atoms with Gasteiger partial charge in [-0.2, -0.15) is 4.98 Å². The average Bonchev–Trinajstić information content (AvgIpc) is 3.20. The summed E-state index contributed by atoms with van der Waals surface area (Å²) in [5.74, 6) is 2.48. The van der Waals surface area contributed by atoms with E-state index in [1.165, 1.54) is 0 Å². The van der Waals surface area contributed by atoms with Crippen molar-refractivity contribution in [1.29, 1.82) is 0 Å². The molecule has 1 aliphatic heterocycles. The lowest BCUT2D eigenvalue weighted by Gasteiger charge is -2.35. The molecule has 3 aromatic heterocycles. The van der Waals surface area contributed by atoms with Gasteiger partial charge in [-0.1, -0.05) is 25.1 Å². The van der Waals surface area contributed by atoms with Gasteiger partial charge in [-0.3, -0.25) is 9.88 Å². The van der Waals surface area contributed by atoms with Gasteiger partial charge in [-0.25, -0.2) is 4.98 Å². The molecule has 0 N–H and O–H groups in total. The van der Waals surface area contributed by atoms with E-state index in [2.05, 4.69) is 49.8 Å². The Morgan fingerprint density at radius 1 is 1.04 bits per heavy atom. The van der Waals surface area contributed by atoms with Gasteiger partial charge in [0.25, 0.3) is 5.89 Å². The molecule has 1 aliphatic rings. The lowest BCUT2D eigenvalue weighted by Crippen LogP contribution is -2.46. The third-order valence-corrected chi connectivity index (χ3v) is 4.76. The van der Waals surface area contributed by atoms with Crippen molar-refractivity contribution in [3.63, 3.8) is 0 Å². The molecule has 0 saturated carbocycles. The maximum absolute atomic E-state index is 5.42. The van der Waals surface area contributed by atoms with Gasteiger partial charge in [0, 0.05) is 56.6 Å². The quantitative estimate of drug-likeness (QED) is 0.689. The summed E-state index contributed by atoms with van der Waals surface area (Å²) in [4.78, 5) is 18.2. The Labute approximate surface area is 159 Å². The van der Waals surface area contributed by atoms with Crippen LogP contribution in [0, 0.1) is 0 Å². The van der Waals surface area contributed by atoms with Crippen LogP contribution < -0.4 is 4.90 Å². The van der Waals surface area contributed by atoms with Crippen molar-refractivity contribution in [2.75, 3.05) is 31.1 Å². The highest BCUT2D eigenvalue weighted by Crippen LogP contribution is 2.24. The van der Waals surface area contributed by atoms with Gasteiger partial charge in [-0.15, -0.1) is 0 Å². The summed E-state index contributed by atoms with van der Waals surface area (Å²) in [6.07, 6.45) is 3.66. The molecule has 0 aliphatic carbocycles. The number of hydrogen-bond acceptors (Lipinski definition) is 7. The number of pyridine rings is 2. The van der Waals surface area contributed by atoms with Gasteiger partial charge in [0.15, 0.2) is 5.82 Å². The Bertz CT molecular complexity index is 871. The summed E-state index contributed by atoms with van der Waals surface area (Å²) in [5, 5.41) is 4.05. The fourth-order valence-electron chi connectivity index (χ4n) is 3.17. The molecule has 0 spiro atoms. The van der Waals surface area contributed by atoms with E-state index in [1.807, 2.05) is 36.7 Å². The number of piperazine rings is 1. The monoisotopic (exact) mass is 364 g/mol. The summed E-state index contributed by atoms with van der Waals surface area (Å²) in [6.45, 7) is 8.84. The van der Waals surface area contributed by atoms with Gasteiger partial charge >= 0.3 is 0 Å². The molecule has 0 aromatic carbocycles. The molecule has 7 nitrogen and oxygen atoms in total. The first-order valence-electron chi connectivity index (χ1n) is 9.36. The summed E-state index contributed by atoms with van der Waals surface area (Å²) in [7, 11) is 0. The third-order valence-electron chi connectivity index (χ3n) is 4.76. The van der Waals surface area contributed by atoms with Crippen LogP contribution >= 0.6 is 0 Å². The average molecular weight is 364 g/mol. The Kier molecular flexibility index (Phi) is 5.11. The molecule has 7 heteroatoms. The summed E-state index contributed by atoms with van der Waals surface area (Å²) in [5.41, 5.74) is 2.03. The summed E-state index contributed by atoms with van der Waals surface area (Å²) in [6, 6.07) is 10.0. The molecule has 1 fully saturated rings. The van der Waals surface area contributed by atoms with Crippen LogP contribution in [0.25, 0.3) is 11.5 Å². The molecular formula is C20H24N6O. The molecule has 0 atom stereocenters. The second-order valence-corrected chi connectivity index (χ2v) is 7.10. The molecule has 4 heterocycles. The van der Waals surface area contributed by atoms with E-state index >= 15 is 0 Å². The predicted molar refractivity (Wildman–Crippen MR) is 103 cm³/mol. The van der Waals surface area contributed by atoms with Gasteiger partial charge in [0.2, 0.25) is 0 Å². The van der Waals surface area contributed by atoms with Crippen LogP contribution in [0.5, 0.6) is 0 Å². The van der Waals surface area contributed by atoms with Crippen LogP contribution in [0.1, 0.15) is 31.3 Å². The van der Waals surface area contributed by atoms with Crippen molar-refractivity contribution < 1.29 is 4.52 Å². The molecule has 0 radical (unpaired) electrons. The number of nitrogens with zero attached hydrogens (tertiary/aromatic N) is 6. The van der Waals surface area contributed by atoms with Crippen molar-refractivity contribution >= 4 is 5.82 Å². The van der Waals surface area contributed by atoms with Crippen LogP contribution in [-0.2, 0) is 6.54 Å². The zero-order valence-electron chi connectivity index (χ0n) is 15.7. The molecule has 27 heavy (non-hydrogen) atoms. The van der Waals surface area contributed by atoms with Crippen LogP contribution in [0.15, 0.2) is 47.2 Å². The maximum atomic E-state index is 5.42. The van der Waals surface area contributed by atoms with E-state index in [0.29, 0.717) is 5.89 Å². The Morgan fingerprint density at radius 3 is 2.59 bits per heavy atom. The van der Waals surface area contributed by atoms with Gasteiger partial charge in [0.1, 0.15) is 5.82 Å². The smallest absolute Gasteiger partial charge is 0.258 e. The van der Waals surface area contributed by atoms with E-state index in [9.17, 15) is 0 Å². The highest BCUT2D eigenvalue weighted by molar-refractivity contribution is 5.58. The second-order valence-electron chi connectivity index (χ2n) is 7.10. The fourth-order valence-corrected chi connectivity index (χ4v) is 3.17. The molecular weight excluding hydrogens is 340 g/mol. The first-order chi connectivity index (χ1) is 13.2. The largest absolute Gasteiger partial charge is 0.354 e. The molecule has 140 valence electrons. The molecule has 0 amide bonds. The predicted octanol–water partition coefficient (Wildman–Crippen LogP) is 2.97. The lowest BCUT2D eigenvalue weighted by atomic mass is 10.2. The first kappa shape index (κ1) is 17.6. The van der Waals surface area contributed by atoms with E-state index < -0.39 is 0 Å². The van der Waals surface area contributed by atoms with Gasteiger partial charge < -0.3 is 9.42 Å². The van der Waals surface area contributed by atoms with Crippen LogP contribution in [-0.4, -0.2) is 51.2 Å². The lowest BCUT2D eigenvalue weighted by molar-refractivity contribution is 0.246. The van der Waals surface area contributed by atoms with Crippen molar-refractivity contribution in [3.05, 3.63) is 54.2 Å². The minimum absolute atomic E-state index is 0.246. The minimum Gasteiger partial charge on any atom is -0.354 e. The van der Waals surface area contributed by atoms with E-state index in [1.54, 1.807) is 0 Å². The SMILES string of the molecule is CC(C)c1noc(-c2ccnc(N3CCN(Cc4ccccn4)CC3)c2)n1. The Hall–Kier alpha value is -2.80. The molecule has 0 bridgehead atoms. The van der Waals surface area contributed by atoms with Crippen LogP contribution in [0.2, 0.25) is 0 Å². The zero-order chi connectivity index (χ0) is 18.6. The Morgan fingerprint density at radius 2 is 1.89 bits per heavy atom. The van der Waals surface area contributed by atoms with Crippen molar-refractivity contribution in [1.82, 2.24) is 25.0 Å². The molecule has 4 rings (SSSR count). The second kappa shape index (κ2) is 7.84. The van der Waals surface area contributed by atoms with Crippen LogP contribution in [0.4, 0.5) is 5.82 Å². The summed E-state index contributed by atoms with van der Waals surface area (Å²) >= 11 is 0. The molecule has 0 unspecified atom stereocenters. The normalized spacial score (nSPS) is 15.4. The molecule has 3 aromatic rings. The standard InChI is InChI=1S/C20H24N6O/c1-15(2)19-23-20(27-24-19)16-6-8-22-18(13-16)26-11-9-25(10-12-26)14-17-5-3-4-7-21-17/h3-8,13,15H,9-12,14H2,1-2H3. The number of anilines is 1. The van der Waals surface area contributed by atoms with E-state index in [4.69, 9.17) is 4.52 Å². The third kappa shape index (κ3) is 4.14. The first-order valence-corrected chi connectivity index (χ1v) is 9.36. The van der Waals surface area contributed by atoms with E-state index in [-0.39, 0.29) is 5.92 Å². The minimum atomic E-state index is 0.246. The number of rotatable bonds is 5. The summed E-state index contributed by atoms with van der Waals surface area (Å²) < 4.78 is 5.42. The highest BCUT2D eigenvalue weighted by Gasteiger charge is 2.20.